The average molecular weight is 387 g/mol. The van der Waals surface area contributed by atoms with Gasteiger partial charge in [0.1, 0.15) is 6.61 Å². The van der Waals surface area contributed by atoms with Gasteiger partial charge in [0.15, 0.2) is 0 Å². The molecular weight excluding hydrogens is 352 g/mol. The summed E-state index contributed by atoms with van der Waals surface area (Å²) in [5.41, 5.74) is 1.52. The summed E-state index contributed by atoms with van der Waals surface area (Å²) < 4.78 is 10.7. The van der Waals surface area contributed by atoms with Gasteiger partial charge in [0.25, 0.3) is 0 Å². The minimum atomic E-state index is 0.150. The Hall–Kier alpha value is -1.43. The van der Waals surface area contributed by atoms with Gasteiger partial charge in [-0.3, -0.25) is 4.79 Å². The van der Waals surface area contributed by atoms with Crippen molar-refractivity contribution in [1.82, 2.24) is 10.2 Å². The number of hydrogen-bond acceptors (Lipinski definition) is 4. The number of fused-ring (bicyclic) bond motifs is 1. The van der Waals surface area contributed by atoms with Crippen molar-refractivity contribution < 1.29 is 14.3 Å². The highest BCUT2D eigenvalue weighted by atomic mass is 16.5. The van der Waals surface area contributed by atoms with E-state index in [0.29, 0.717) is 31.3 Å². The number of likely N-dealkylation sites (tertiary alicyclic amines) is 1. The highest BCUT2D eigenvalue weighted by Crippen LogP contribution is 2.52. The second kappa shape index (κ2) is 8.52. The fraction of sp³-hybridized carbons (Fsp3) is 0.696. The summed E-state index contributed by atoms with van der Waals surface area (Å²) in [5.74, 6) is 0.150. The molecule has 0 unspecified atom stereocenters. The summed E-state index contributed by atoms with van der Waals surface area (Å²) in [5, 5.41) is 3.98. The summed E-state index contributed by atoms with van der Waals surface area (Å²) in [7, 11) is 1.65. The standard InChI is InChI=1S/C23H34N2O3/c1-23-15-19-18(14-17-8-4-3-5-9-17)24-20(23)10-6-7-11-21(23)25(19)22(26)16-28-13-12-27-2/h3-5,8-9,18-21,24H,6-7,10-16H2,1-2H3/t18-,19+,20-,21+,23-/m1/s1. The lowest BCUT2D eigenvalue weighted by molar-refractivity contribution is -0.140. The molecule has 2 bridgehead atoms. The van der Waals surface area contributed by atoms with E-state index in [2.05, 4.69) is 47.5 Å². The van der Waals surface area contributed by atoms with Gasteiger partial charge in [0.2, 0.25) is 5.91 Å². The van der Waals surface area contributed by atoms with Crippen LogP contribution in [0.15, 0.2) is 30.3 Å². The Morgan fingerprint density at radius 3 is 2.79 bits per heavy atom. The van der Waals surface area contributed by atoms with Gasteiger partial charge in [0, 0.05) is 36.7 Å². The highest BCUT2D eigenvalue weighted by molar-refractivity contribution is 5.79. The van der Waals surface area contributed by atoms with Crippen molar-refractivity contribution in [2.45, 2.75) is 69.6 Å². The van der Waals surface area contributed by atoms with Gasteiger partial charge in [-0.25, -0.2) is 0 Å². The SMILES string of the molecule is COCCOCC(=O)N1[C@H]2CCCC[C@H]3N[C@H](Cc4ccccc4)[C@@H]1C[C@@]23C. The van der Waals surface area contributed by atoms with Crippen LogP contribution < -0.4 is 5.32 Å². The van der Waals surface area contributed by atoms with Gasteiger partial charge >= 0.3 is 0 Å². The molecule has 0 radical (unpaired) electrons. The zero-order valence-electron chi connectivity index (χ0n) is 17.2. The molecule has 28 heavy (non-hydrogen) atoms. The summed E-state index contributed by atoms with van der Waals surface area (Å²) >= 11 is 0. The normalized spacial score (nSPS) is 34.3. The Balaban J connectivity index is 1.56. The minimum absolute atomic E-state index is 0.150. The predicted molar refractivity (Wildman–Crippen MR) is 109 cm³/mol. The van der Waals surface area contributed by atoms with Crippen LogP contribution in [0.2, 0.25) is 0 Å². The first-order valence-corrected chi connectivity index (χ1v) is 10.8. The third kappa shape index (κ3) is 3.72. The zero-order valence-corrected chi connectivity index (χ0v) is 17.2. The van der Waals surface area contributed by atoms with E-state index < -0.39 is 0 Å². The molecule has 1 aromatic rings. The van der Waals surface area contributed by atoms with Crippen molar-refractivity contribution in [3.8, 4) is 0 Å². The quantitative estimate of drug-likeness (QED) is 0.732. The number of methoxy groups -OCH3 is 1. The Morgan fingerprint density at radius 1 is 1.21 bits per heavy atom. The van der Waals surface area contributed by atoms with Crippen LogP contribution in [0.1, 0.15) is 44.6 Å². The summed E-state index contributed by atoms with van der Waals surface area (Å²) in [6.45, 7) is 3.57. The minimum Gasteiger partial charge on any atom is -0.382 e. The highest BCUT2D eigenvalue weighted by Gasteiger charge is 2.60. The maximum atomic E-state index is 13.2. The Kier molecular flexibility index (Phi) is 6.04. The molecule has 3 fully saturated rings. The predicted octanol–water partition coefficient (Wildman–Crippen LogP) is 2.78. The lowest BCUT2D eigenvalue weighted by Gasteiger charge is -2.43. The van der Waals surface area contributed by atoms with Crippen LogP contribution in [0.4, 0.5) is 0 Å². The molecule has 1 aliphatic carbocycles. The molecule has 5 nitrogen and oxygen atoms in total. The monoisotopic (exact) mass is 386 g/mol. The third-order valence-corrected chi connectivity index (χ3v) is 7.24. The fourth-order valence-corrected chi connectivity index (χ4v) is 5.87. The molecule has 0 aromatic heterocycles. The molecule has 3 aliphatic rings. The number of nitrogens with zero attached hydrogens (tertiary/aromatic N) is 1. The molecule has 1 saturated carbocycles. The second-order valence-corrected chi connectivity index (χ2v) is 8.94. The van der Waals surface area contributed by atoms with Crippen LogP contribution in [0.3, 0.4) is 0 Å². The van der Waals surface area contributed by atoms with Gasteiger partial charge in [-0.2, -0.15) is 0 Å². The van der Waals surface area contributed by atoms with E-state index in [1.54, 1.807) is 7.11 Å². The van der Waals surface area contributed by atoms with Crippen molar-refractivity contribution in [3.63, 3.8) is 0 Å². The number of ether oxygens (including phenoxy) is 2. The first-order valence-electron chi connectivity index (χ1n) is 10.8. The van der Waals surface area contributed by atoms with Crippen molar-refractivity contribution in [2.75, 3.05) is 26.9 Å². The van der Waals surface area contributed by atoms with E-state index in [1.165, 1.54) is 24.8 Å². The second-order valence-electron chi connectivity index (χ2n) is 8.94. The van der Waals surface area contributed by atoms with Gasteiger partial charge < -0.3 is 19.7 Å². The molecule has 0 spiro atoms. The smallest absolute Gasteiger partial charge is 0.249 e. The van der Waals surface area contributed by atoms with Crippen LogP contribution in [0.5, 0.6) is 0 Å². The maximum absolute atomic E-state index is 13.2. The van der Waals surface area contributed by atoms with Crippen LogP contribution in [-0.2, 0) is 20.7 Å². The number of nitrogens with one attached hydrogen (secondary N) is 1. The molecule has 4 rings (SSSR count). The number of hydrogen-bond donors (Lipinski definition) is 1. The van der Waals surface area contributed by atoms with Crippen molar-refractivity contribution >= 4 is 5.91 Å². The van der Waals surface area contributed by atoms with E-state index in [4.69, 9.17) is 9.47 Å². The Labute approximate surface area is 168 Å². The van der Waals surface area contributed by atoms with Gasteiger partial charge in [-0.05, 0) is 31.2 Å². The molecule has 1 amide bonds. The number of benzene rings is 1. The number of carbonyl (C=O) groups excluding carboxylic acids is 1. The molecular formula is C23H34N2O3. The van der Waals surface area contributed by atoms with E-state index >= 15 is 0 Å². The summed E-state index contributed by atoms with van der Waals surface area (Å²) in [6, 6.07) is 12.1. The first-order chi connectivity index (χ1) is 13.6. The molecule has 154 valence electrons. The van der Waals surface area contributed by atoms with E-state index in [9.17, 15) is 4.79 Å². The molecule has 2 saturated heterocycles. The number of amides is 1. The van der Waals surface area contributed by atoms with Gasteiger partial charge in [-0.15, -0.1) is 0 Å². The van der Waals surface area contributed by atoms with Crippen LogP contribution in [-0.4, -0.2) is 61.9 Å². The van der Waals surface area contributed by atoms with Crippen LogP contribution in [0, 0.1) is 5.41 Å². The fourth-order valence-electron chi connectivity index (χ4n) is 5.87. The third-order valence-electron chi connectivity index (χ3n) is 7.24. The Bertz CT molecular complexity index is 667. The van der Waals surface area contributed by atoms with Crippen LogP contribution in [0.25, 0.3) is 0 Å². The molecule has 5 heteroatoms. The molecule has 1 N–H and O–H groups in total. The first kappa shape index (κ1) is 19.9. The number of rotatable bonds is 7. The van der Waals surface area contributed by atoms with E-state index in [1.807, 2.05) is 0 Å². The van der Waals surface area contributed by atoms with Crippen molar-refractivity contribution in [1.29, 1.82) is 0 Å². The Morgan fingerprint density at radius 2 is 2.00 bits per heavy atom. The summed E-state index contributed by atoms with van der Waals surface area (Å²) in [6.07, 6.45) is 6.88. The zero-order chi connectivity index (χ0) is 19.6. The molecule has 2 heterocycles. The van der Waals surface area contributed by atoms with E-state index in [0.717, 1.165) is 19.3 Å². The largest absolute Gasteiger partial charge is 0.382 e. The van der Waals surface area contributed by atoms with E-state index in [-0.39, 0.29) is 24.0 Å². The molecule has 1 aromatic carbocycles. The number of carbonyl (C=O) groups is 1. The van der Waals surface area contributed by atoms with Crippen molar-refractivity contribution in [3.05, 3.63) is 35.9 Å². The molecule has 5 atom stereocenters. The number of piperidine rings is 1. The maximum Gasteiger partial charge on any atom is 0.249 e. The van der Waals surface area contributed by atoms with Crippen molar-refractivity contribution in [2.24, 2.45) is 5.41 Å². The van der Waals surface area contributed by atoms with Crippen LogP contribution >= 0.6 is 0 Å². The van der Waals surface area contributed by atoms with Gasteiger partial charge in [-0.1, -0.05) is 50.1 Å². The summed E-state index contributed by atoms with van der Waals surface area (Å²) in [4.78, 5) is 15.5. The average Bonchev–Trinajstić information content (AvgIpc) is 2.85. The lowest BCUT2D eigenvalue weighted by Crippen LogP contribution is -2.57. The lowest BCUT2D eigenvalue weighted by atomic mass is 9.70. The topological polar surface area (TPSA) is 50.8 Å². The molecule has 2 aliphatic heterocycles. The van der Waals surface area contributed by atoms with Gasteiger partial charge in [0.05, 0.1) is 13.2 Å².